The van der Waals surface area contributed by atoms with Gasteiger partial charge < -0.3 is 34.3 Å². The predicted octanol–water partition coefficient (Wildman–Crippen LogP) is 37.1. The van der Waals surface area contributed by atoms with Crippen molar-refractivity contribution < 1.29 is 0 Å². The molecule has 0 unspecified atom stereocenters. The zero-order valence-corrected chi connectivity index (χ0v) is 84.0. The van der Waals surface area contributed by atoms with Gasteiger partial charge >= 0.3 is 0 Å². The van der Waals surface area contributed by atoms with Crippen molar-refractivity contribution in [3.8, 4) is 22.3 Å². The van der Waals surface area contributed by atoms with Crippen LogP contribution in [0.3, 0.4) is 0 Å². The molecule has 2 aliphatic heterocycles. The molecule has 23 aromatic carbocycles. The smallest absolute Gasteiger partial charge is 0.252 e. The maximum atomic E-state index is 2.47. The van der Waals surface area contributed by atoms with E-state index in [4.69, 9.17) is 0 Å². The second kappa shape index (κ2) is 38.4. The van der Waals surface area contributed by atoms with Crippen molar-refractivity contribution in [1.82, 2.24) is 0 Å². The minimum atomic E-state index is -0.240. The maximum Gasteiger partial charge on any atom is 0.252 e. The first-order valence-electron chi connectivity index (χ1n) is 51.2. The fraction of sp³-hybridized carbons (Fsp3) is 0.0791. The Morgan fingerprint density at radius 3 is 0.946 bits per heavy atom. The number of benzene rings is 23. The van der Waals surface area contributed by atoms with E-state index in [2.05, 4.69) is 624 Å². The minimum Gasteiger partial charge on any atom is -0.311 e. The third kappa shape index (κ3) is 17.0. The van der Waals surface area contributed by atoms with Gasteiger partial charge in [-0.15, -0.1) is 0 Å². The van der Waals surface area contributed by atoms with E-state index in [0.717, 1.165) is 79.6 Å². The van der Waals surface area contributed by atoms with E-state index in [1.54, 1.807) is 0 Å². The van der Waals surface area contributed by atoms with Crippen molar-refractivity contribution >= 4 is 186 Å². The van der Waals surface area contributed by atoms with Gasteiger partial charge in [0.1, 0.15) is 0 Å². The molecule has 0 N–H and O–H groups in total. The van der Waals surface area contributed by atoms with E-state index >= 15 is 0 Å². The third-order valence-electron chi connectivity index (χ3n) is 29.7. The Hall–Kier alpha value is -18.0. The normalized spacial score (nSPS) is 12.5. The van der Waals surface area contributed by atoms with Gasteiger partial charge in [-0.3, -0.25) is 0 Å². The van der Waals surface area contributed by atoms with Crippen molar-refractivity contribution in [3.05, 3.63) is 556 Å². The first kappa shape index (κ1) is 91.5. The van der Waals surface area contributed by atoms with Crippen LogP contribution in [-0.4, -0.2) is 6.71 Å². The van der Waals surface area contributed by atoms with E-state index in [1.165, 1.54) is 144 Å². The van der Waals surface area contributed by atoms with Crippen LogP contribution in [0.1, 0.15) is 77.6 Å². The average Bonchev–Trinajstić information content (AvgIpc) is 1.40. The Balaban J connectivity index is 0.000000119. The Kier molecular flexibility index (Phi) is 23.9. The first-order chi connectivity index (χ1) is 72.0. The van der Waals surface area contributed by atoms with Gasteiger partial charge in [0.15, 0.2) is 0 Å². The van der Waals surface area contributed by atoms with Crippen LogP contribution in [0.5, 0.6) is 0 Å². The maximum absolute atomic E-state index is 2.47. The molecule has 0 saturated heterocycles. The van der Waals surface area contributed by atoms with Gasteiger partial charge in [-0.2, -0.15) is 0 Å². The van der Waals surface area contributed by atoms with Crippen molar-refractivity contribution in [2.45, 2.75) is 71.6 Å². The molecule has 0 fully saturated rings. The molecular weight excluding hydrogens is 1780 g/mol. The summed E-state index contributed by atoms with van der Waals surface area (Å²) >= 11 is 0. The van der Waals surface area contributed by atoms with E-state index in [-0.39, 0.29) is 23.0 Å². The highest BCUT2D eigenvalue weighted by molar-refractivity contribution is 7.00. The highest BCUT2D eigenvalue weighted by Gasteiger charge is 2.45. The zero-order valence-electron chi connectivity index (χ0n) is 84.0. The fourth-order valence-corrected chi connectivity index (χ4v) is 22.6. The van der Waals surface area contributed by atoms with Gasteiger partial charge in [0.2, 0.25) is 0 Å². The predicted molar refractivity (Wildman–Crippen MR) is 628 cm³/mol. The van der Waals surface area contributed by atoms with Gasteiger partial charge in [0.05, 0.1) is 17.1 Å². The Bertz CT molecular complexity index is 8400. The highest BCUT2D eigenvalue weighted by atomic mass is 15.2. The van der Waals surface area contributed by atoms with Crippen molar-refractivity contribution in [2.75, 3.05) is 34.3 Å². The first-order valence-corrected chi connectivity index (χ1v) is 51.2. The summed E-state index contributed by atoms with van der Waals surface area (Å²) in [6, 6.07) is 194. The monoisotopic (exact) mass is 1890 g/mol. The molecule has 8 heteroatoms. The van der Waals surface area contributed by atoms with Crippen molar-refractivity contribution in [3.63, 3.8) is 0 Å². The summed E-state index contributed by atoms with van der Waals surface area (Å²) in [5.74, 6) is 0. The van der Waals surface area contributed by atoms with Crippen LogP contribution >= 0.6 is 0 Å². The molecule has 706 valence electrons. The number of fused-ring (bicyclic) bond motifs is 9. The van der Waals surface area contributed by atoms with Crippen LogP contribution in [0.15, 0.2) is 534 Å². The summed E-state index contributed by atoms with van der Waals surface area (Å²) in [6.07, 6.45) is 0. The summed E-state index contributed by atoms with van der Waals surface area (Å²) < 4.78 is 0. The molecule has 0 saturated carbocycles. The SMILES string of the molecule is CC(C)(C)c1ccc(N(c2ccccc2)c2ccc3c(c2)C(C)(C)c2cc(N(c4ccccc4)c4ccc(C(C)(C)C)cc4)c4ccccc4c2-3)cc1.c1ccc(-c2ccc3c(c2)N(c2ccccc2)c2cccc4c2B3c2ccc(N(c3ccccc3)c3ccccc3)cc2N4c2ccccc2)cc1.c1ccc(N(c2ccccc2)c2ccc3ccc4c(N(c5ccccc5)c5ccccc5)ccc5ccc2c3c54)cc1. The van der Waals surface area contributed by atoms with Crippen LogP contribution in [0.2, 0.25) is 0 Å². The number of nitrogens with zero attached hydrogens (tertiary/aromatic N) is 7. The Morgan fingerprint density at radius 1 is 0.218 bits per heavy atom. The second-order valence-corrected chi connectivity index (χ2v) is 41.1. The van der Waals surface area contributed by atoms with Crippen LogP contribution in [0, 0.1) is 0 Å². The average molecular weight is 1890 g/mol. The lowest BCUT2D eigenvalue weighted by atomic mass is 9.33. The topological polar surface area (TPSA) is 22.7 Å². The number of rotatable bonds is 18. The van der Waals surface area contributed by atoms with Gasteiger partial charge in [-0.25, -0.2) is 0 Å². The molecule has 3 aliphatic rings. The molecule has 0 spiro atoms. The minimum absolute atomic E-state index is 0.0388. The van der Waals surface area contributed by atoms with Crippen LogP contribution in [0.4, 0.5) is 119 Å². The van der Waals surface area contributed by atoms with Gasteiger partial charge in [-0.05, 0) is 305 Å². The van der Waals surface area contributed by atoms with Crippen LogP contribution in [0.25, 0.3) is 65.3 Å². The molecular formula is C139H112BN7. The largest absolute Gasteiger partial charge is 0.311 e. The lowest BCUT2D eigenvalue weighted by Gasteiger charge is -2.44. The molecule has 26 rings (SSSR count). The number of hydrogen-bond acceptors (Lipinski definition) is 7. The quantitative estimate of drug-likeness (QED) is 0.0623. The molecule has 0 bridgehead atoms. The van der Waals surface area contributed by atoms with E-state index in [9.17, 15) is 0 Å². The molecule has 23 aromatic rings. The summed E-state index contributed by atoms with van der Waals surface area (Å²) in [7, 11) is 0. The lowest BCUT2D eigenvalue weighted by Crippen LogP contribution is -2.61. The molecule has 0 aromatic heterocycles. The molecule has 147 heavy (non-hydrogen) atoms. The molecule has 0 amide bonds. The molecule has 1 aliphatic carbocycles. The summed E-state index contributed by atoms with van der Waals surface area (Å²) in [6.45, 7) is 18.5. The molecule has 7 nitrogen and oxygen atoms in total. The fourth-order valence-electron chi connectivity index (χ4n) is 22.6. The Labute approximate surface area is 863 Å². The third-order valence-corrected chi connectivity index (χ3v) is 29.7. The van der Waals surface area contributed by atoms with Gasteiger partial charge in [0.25, 0.3) is 6.71 Å². The van der Waals surface area contributed by atoms with E-state index < -0.39 is 0 Å². The van der Waals surface area contributed by atoms with E-state index in [1.807, 2.05) is 0 Å². The van der Waals surface area contributed by atoms with Crippen LogP contribution in [-0.2, 0) is 16.2 Å². The van der Waals surface area contributed by atoms with Gasteiger partial charge in [0, 0.05) is 124 Å². The number of para-hydroxylation sites is 10. The zero-order chi connectivity index (χ0) is 99.4. The standard InChI is InChI=1S/C51H50N2.C48H34BN3.C40H28N2/c1-49(2,3)35-23-27-39(28-24-35)52(37-17-11-9-12-18-37)41-31-32-44-45(33-41)51(7,8)46-34-47(42-21-15-16-22-43(42)48(44)46)53(38-19-13-10-14-20-38)40-29-25-36(26-30-40)50(4,5)6;1-6-17-35(18-7-1)36-29-31-42-46(33-36)51(39-23-12-4-13-24-39)44-27-16-28-45-48(44)49(42)43-32-30-41(34-47(43)52(45)40-25-14-5-15-26-40)50(37-19-8-2-9-20-37)38-21-10-3-11-22-38;1-5-13-31(14-6-1)41(32-15-7-2-8-16-32)37-27-23-29-22-26-36-38(28-24-30-21-25-35(37)39(29)40(30)36)42(33-17-9-3-10-18-33)34-19-11-4-12-20-34/h9-34H,1-8H3;1-34H;1-28H. The second-order valence-electron chi connectivity index (χ2n) is 41.1. The highest BCUT2D eigenvalue weighted by Crippen LogP contribution is 2.58. The number of hydrogen-bond donors (Lipinski definition) is 0. The molecule has 0 atom stereocenters. The summed E-state index contributed by atoms with van der Waals surface area (Å²) in [5.41, 5.74) is 38.5. The lowest BCUT2D eigenvalue weighted by molar-refractivity contribution is 0.590. The molecule has 2 heterocycles. The van der Waals surface area contributed by atoms with Crippen molar-refractivity contribution in [1.29, 1.82) is 0 Å². The van der Waals surface area contributed by atoms with Gasteiger partial charge in [-0.1, -0.05) is 383 Å². The Morgan fingerprint density at radius 2 is 0.537 bits per heavy atom. The number of anilines is 21. The van der Waals surface area contributed by atoms with Crippen LogP contribution < -0.4 is 50.7 Å². The summed E-state index contributed by atoms with van der Waals surface area (Å²) in [4.78, 5) is 16.9. The van der Waals surface area contributed by atoms with E-state index in [0.29, 0.717) is 0 Å². The van der Waals surface area contributed by atoms with Crippen molar-refractivity contribution in [2.24, 2.45) is 0 Å². The molecule has 0 radical (unpaired) electrons. The summed E-state index contributed by atoms with van der Waals surface area (Å²) in [5, 5.41) is 10.1.